The summed E-state index contributed by atoms with van der Waals surface area (Å²) in [5.74, 6) is -0.327. The number of halogens is 1. The Labute approximate surface area is 182 Å². The molecule has 0 aliphatic rings. The quantitative estimate of drug-likeness (QED) is 0.389. The van der Waals surface area contributed by atoms with Crippen molar-refractivity contribution in [2.24, 2.45) is 0 Å². The number of carbonyl (C=O) groups excluding carboxylic acids is 2. The van der Waals surface area contributed by atoms with E-state index < -0.39 is 0 Å². The van der Waals surface area contributed by atoms with Gasteiger partial charge in [0.1, 0.15) is 0 Å². The summed E-state index contributed by atoms with van der Waals surface area (Å²) >= 11 is 3.41. The van der Waals surface area contributed by atoms with Crippen molar-refractivity contribution in [3.8, 4) is 0 Å². The molecular weight excluding hydrogens is 428 g/mol. The van der Waals surface area contributed by atoms with Gasteiger partial charge in [-0.25, -0.2) is 0 Å². The van der Waals surface area contributed by atoms with Crippen LogP contribution in [-0.4, -0.2) is 29.8 Å². The molecule has 0 heterocycles. The highest BCUT2D eigenvalue weighted by molar-refractivity contribution is 9.10. The number of carbonyl (C=O) groups is 2. The van der Waals surface area contributed by atoms with Gasteiger partial charge in [0.15, 0.2) is 0 Å². The van der Waals surface area contributed by atoms with E-state index in [0.29, 0.717) is 16.8 Å². The molecule has 0 fully saturated rings. The zero-order chi connectivity index (χ0) is 21.1. The van der Waals surface area contributed by atoms with Gasteiger partial charge in [0.05, 0.1) is 11.1 Å². The Kier molecular flexibility index (Phi) is 9.92. The van der Waals surface area contributed by atoms with E-state index in [4.69, 9.17) is 0 Å². The van der Waals surface area contributed by atoms with Gasteiger partial charge in [-0.05, 0) is 43.2 Å². The minimum absolute atomic E-state index is 0.0581. The number of rotatable bonds is 11. The van der Waals surface area contributed by atoms with Crippen LogP contribution in [0.5, 0.6) is 0 Å². The highest BCUT2D eigenvalue weighted by Gasteiger charge is 2.21. The van der Waals surface area contributed by atoms with Gasteiger partial charge in [-0.3, -0.25) is 9.59 Å². The zero-order valence-electron chi connectivity index (χ0n) is 17.4. The predicted octanol–water partition coefficient (Wildman–Crippen LogP) is 6.52. The minimum atomic E-state index is -0.269. The van der Waals surface area contributed by atoms with Gasteiger partial charge in [-0.15, -0.1) is 0 Å². The van der Waals surface area contributed by atoms with Crippen LogP contribution in [0.4, 0.5) is 5.69 Å². The van der Waals surface area contributed by atoms with Crippen LogP contribution in [0.1, 0.15) is 73.1 Å². The van der Waals surface area contributed by atoms with Crippen molar-refractivity contribution in [3.05, 3.63) is 64.1 Å². The summed E-state index contributed by atoms with van der Waals surface area (Å²) in [5, 5.41) is 2.90. The summed E-state index contributed by atoms with van der Waals surface area (Å²) < 4.78 is 0.887. The molecule has 0 unspecified atom stereocenters. The number of hydrogen-bond acceptors (Lipinski definition) is 2. The van der Waals surface area contributed by atoms with Crippen molar-refractivity contribution in [3.63, 3.8) is 0 Å². The van der Waals surface area contributed by atoms with Crippen LogP contribution in [0.15, 0.2) is 53.0 Å². The Balaban J connectivity index is 2.20. The van der Waals surface area contributed by atoms with E-state index in [2.05, 4.69) is 35.1 Å². The molecule has 0 aliphatic heterocycles. The Bertz CT molecular complexity index is 797. The van der Waals surface area contributed by atoms with Gasteiger partial charge in [-0.2, -0.15) is 0 Å². The fraction of sp³-hybridized carbons (Fsp3) is 0.417. The molecule has 0 atom stereocenters. The van der Waals surface area contributed by atoms with E-state index in [1.165, 1.54) is 0 Å². The molecule has 2 aromatic rings. The SMILES string of the molecule is CCCCCN(CCCCC)C(=O)c1ccccc1C(=O)Nc1cccc(Br)c1. The molecule has 0 saturated carbocycles. The predicted molar refractivity (Wildman–Crippen MR) is 123 cm³/mol. The highest BCUT2D eigenvalue weighted by atomic mass is 79.9. The summed E-state index contributed by atoms with van der Waals surface area (Å²) in [7, 11) is 0. The zero-order valence-corrected chi connectivity index (χ0v) is 19.0. The van der Waals surface area contributed by atoms with Crippen molar-refractivity contribution in [2.75, 3.05) is 18.4 Å². The smallest absolute Gasteiger partial charge is 0.256 e. The monoisotopic (exact) mass is 458 g/mol. The summed E-state index contributed by atoms with van der Waals surface area (Å²) in [6.45, 7) is 5.78. The van der Waals surface area contributed by atoms with E-state index in [-0.39, 0.29) is 11.8 Å². The van der Waals surface area contributed by atoms with Crippen LogP contribution >= 0.6 is 15.9 Å². The van der Waals surface area contributed by atoms with E-state index in [0.717, 1.165) is 56.1 Å². The second-order valence-electron chi connectivity index (χ2n) is 7.22. The Morgan fingerprint density at radius 2 is 1.48 bits per heavy atom. The minimum Gasteiger partial charge on any atom is -0.339 e. The van der Waals surface area contributed by atoms with Crippen molar-refractivity contribution >= 4 is 33.4 Å². The largest absolute Gasteiger partial charge is 0.339 e. The topological polar surface area (TPSA) is 49.4 Å². The highest BCUT2D eigenvalue weighted by Crippen LogP contribution is 2.19. The Morgan fingerprint density at radius 3 is 2.07 bits per heavy atom. The van der Waals surface area contributed by atoms with Gasteiger partial charge in [0.2, 0.25) is 0 Å². The van der Waals surface area contributed by atoms with Crippen LogP contribution < -0.4 is 5.32 Å². The van der Waals surface area contributed by atoms with E-state index in [1.807, 2.05) is 35.2 Å². The molecule has 29 heavy (non-hydrogen) atoms. The molecule has 2 rings (SSSR count). The third-order valence-corrected chi connectivity index (χ3v) is 5.33. The first kappa shape index (κ1) is 23.1. The summed E-state index contributed by atoms with van der Waals surface area (Å²) in [6, 6.07) is 14.5. The maximum atomic E-state index is 13.3. The van der Waals surface area contributed by atoms with E-state index >= 15 is 0 Å². The number of anilines is 1. The van der Waals surface area contributed by atoms with Gasteiger partial charge in [-0.1, -0.05) is 73.7 Å². The molecule has 4 nitrogen and oxygen atoms in total. The van der Waals surface area contributed by atoms with Gasteiger partial charge >= 0.3 is 0 Å². The lowest BCUT2D eigenvalue weighted by Gasteiger charge is -2.24. The lowest BCUT2D eigenvalue weighted by Crippen LogP contribution is -2.34. The Morgan fingerprint density at radius 1 is 0.862 bits per heavy atom. The third-order valence-electron chi connectivity index (χ3n) is 4.83. The lowest BCUT2D eigenvalue weighted by molar-refractivity contribution is 0.0745. The summed E-state index contributed by atoms with van der Waals surface area (Å²) in [6.07, 6.45) is 6.40. The molecular formula is C24H31BrN2O2. The fourth-order valence-electron chi connectivity index (χ4n) is 3.22. The molecule has 0 saturated heterocycles. The van der Waals surface area contributed by atoms with E-state index in [9.17, 15) is 9.59 Å². The fourth-order valence-corrected chi connectivity index (χ4v) is 3.62. The second kappa shape index (κ2) is 12.4. The molecule has 5 heteroatoms. The number of hydrogen-bond donors (Lipinski definition) is 1. The van der Waals surface area contributed by atoms with Crippen LogP contribution in [0.25, 0.3) is 0 Å². The number of nitrogens with one attached hydrogen (secondary N) is 1. The molecule has 2 amide bonds. The molecule has 0 aromatic heterocycles. The first-order valence-corrected chi connectivity index (χ1v) is 11.3. The molecule has 0 spiro atoms. The first-order chi connectivity index (χ1) is 14.1. The summed E-state index contributed by atoms with van der Waals surface area (Å²) in [4.78, 5) is 28.1. The lowest BCUT2D eigenvalue weighted by atomic mass is 10.0. The Hall–Kier alpha value is -2.14. The normalized spacial score (nSPS) is 10.6. The summed E-state index contributed by atoms with van der Waals surface area (Å²) in [5.41, 5.74) is 1.57. The standard InChI is InChI=1S/C24H31BrN2O2/c1-3-5-9-16-27(17-10-6-4-2)24(29)22-15-8-7-14-21(22)23(28)26-20-13-11-12-19(25)18-20/h7-8,11-15,18H,3-6,9-10,16-17H2,1-2H3,(H,26,28). The van der Waals surface area contributed by atoms with E-state index in [1.54, 1.807) is 18.2 Å². The van der Waals surface area contributed by atoms with Crippen molar-refractivity contribution < 1.29 is 9.59 Å². The molecule has 0 aliphatic carbocycles. The number of benzene rings is 2. The van der Waals surface area contributed by atoms with Gasteiger partial charge in [0.25, 0.3) is 11.8 Å². The van der Waals surface area contributed by atoms with Crippen LogP contribution in [0.2, 0.25) is 0 Å². The van der Waals surface area contributed by atoms with Crippen LogP contribution in [0.3, 0.4) is 0 Å². The van der Waals surface area contributed by atoms with Crippen molar-refractivity contribution in [1.29, 1.82) is 0 Å². The molecule has 1 N–H and O–H groups in total. The number of amides is 2. The maximum Gasteiger partial charge on any atom is 0.256 e. The third kappa shape index (κ3) is 7.32. The average Bonchev–Trinajstić information content (AvgIpc) is 2.72. The van der Waals surface area contributed by atoms with Gasteiger partial charge in [0, 0.05) is 23.2 Å². The second-order valence-corrected chi connectivity index (χ2v) is 8.13. The molecule has 0 bridgehead atoms. The number of nitrogens with zero attached hydrogens (tertiary/aromatic N) is 1. The first-order valence-electron chi connectivity index (χ1n) is 10.5. The van der Waals surface area contributed by atoms with Crippen LogP contribution in [0, 0.1) is 0 Å². The van der Waals surface area contributed by atoms with Crippen molar-refractivity contribution in [1.82, 2.24) is 4.90 Å². The molecule has 0 radical (unpaired) electrons. The average molecular weight is 459 g/mol. The number of unbranched alkanes of at least 4 members (excludes halogenated alkanes) is 4. The van der Waals surface area contributed by atoms with Crippen molar-refractivity contribution in [2.45, 2.75) is 52.4 Å². The van der Waals surface area contributed by atoms with Gasteiger partial charge < -0.3 is 10.2 Å². The maximum absolute atomic E-state index is 13.3. The molecule has 156 valence electrons. The van der Waals surface area contributed by atoms with Crippen LogP contribution in [-0.2, 0) is 0 Å². The molecule has 2 aromatic carbocycles.